The van der Waals surface area contributed by atoms with Gasteiger partial charge in [0.15, 0.2) is 18.1 Å². The second kappa shape index (κ2) is 9.23. The molecule has 0 saturated carbocycles. The number of hydrogen-bond acceptors (Lipinski definition) is 7. The molecule has 0 spiro atoms. The topological polar surface area (TPSA) is 112 Å². The van der Waals surface area contributed by atoms with E-state index in [9.17, 15) is 14.4 Å². The molecule has 0 atom stereocenters. The average Bonchev–Trinajstić information content (AvgIpc) is 2.58. The summed E-state index contributed by atoms with van der Waals surface area (Å²) in [6, 6.07) is 2.26. The molecule has 0 saturated heterocycles. The maximum Gasteiger partial charge on any atom is 0.342 e. The second-order valence-corrected chi connectivity index (χ2v) is 4.37. The van der Waals surface area contributed by atoms with Gasteiger partial charge in [-0.3, -0.25) is 10.1 Å². The van der Waals surface area contributed by atoms with E-state index in [2.05, 4.69) is 5.32 Å². The Labute approximate surface area is 139 Å². The van der Waals surface area contributed by atoms with Crippen LogP contribution in [0.3, 0.4) is 0 Å². The van der Waals surface area contributed by atoms with Crippen LogP contribution in [0, 0.1) is 0 Å². The van der Waals surface area contributed by atoms with Crippen LogP contribution in [0.25, 0.3) is 0 Å². The minimum Gasteiger partial charge on any atom is -0.493 e. The number of ether oxygens (including phenoxy) is 4. The van der Waals surface area contributed by atoms with Crippen LogP contribution in [0.1, 0.15) is 17.3 Å². The number of esters is 1. The Morgan fingerprint density at radius 2 is 1.67 bits per heavy atom. The van der Waals surface area contributed by atoms with Crippen LogP contribution in [0.15, 0.2) is 12.1 Å². The van der Waals surface area contributed by atoms with Crippen molar-refractivity contribution in [3.8, 4) is 17.2 Å². The van der Waals surface area contributed by atoms with Gasteiger partial charge in [0.1, 0.15) is 5.56 Å². The molecule has 0 fully saturated rings. The van der Waals surface area contributed by atoms with Gasteiger partial charge in [0.05, 0.1) is 21.3 Å². The van der Waals surface area contributed by atoms with Gasteiger partial charge in [0.2, 0.25) is 5.75 Å². The van der Waals surface area contributed by atoms with Crippen LogP contribution in [0.2, 0.25) is 0 Å². The lowest BCUT2D eigenvalue weighted by atomic mass is 10.1. The number of carbonyl (C=O) groups excluding carboxylic acids is 3. The van der Waals surface area contributed by atoms with Gasteiger partial charge in [-0.15, -0.1) is 0 Å². The van der Waals surface area contributed by atoms with Crippen LogP contribution in [0.5, 0.6) is 17.2 Å². The fourth-order valence-electron chi connectivity index (χ4n) is 1.84. The van der Waals surface area contributed by atoms with E-state index in [-0.39, 0.29) is 17.1 Å². The van der Waals surface area contributed by atoms with Gasteiger partial charge in [-0.25, -0.2) is 9.59 Å². The van der Waals surface area contributed by atoms with Crippen molar-refractivity contribution in [2.24, 2.45) is 0 Å². The molecule has 0 bridgehead atoms. The smallest absolute Gasteiger partial charge is 0.342 e. The number of imide groups is 1. The Morgan fingerprint density at radius 1 is 1.00 bits per heavy atom. The summed E-state index contributed by atoms with van der Waals surface area (Å²) in [7, 11) is 4.20. The standard InChI is InChI=1S/C15H20N2O7/c1-5-16-15(20)17-11(18)8-24-14(19)9-6-7-10(21-2)13(23-4)12(9)22-3/h6-7H,5,8H2,1-4H3,(H2,16,17,18,20). The van der Waals surface area contributed by atoms with Crippen LogP contribution >= 0.6 is 0 Å². The van der Waals surface area contributed by atoms with Crippen LogP contribution < -0.4 is 24.8 Å². The molecule has 1 aromatic rings. The third-order valence-electron chi connectivity index (χ3n) is 2.85. The number of carbonyl (C=O) groups is 3. The van der Waals surface area contributed by atoms with Crippen molar-refractivity contribution in [3.63, 3.8) is 0 Å². The predicted octanol–water partition coefficient (Wildman–Crippen LogP) is 0.715. The first-order valence-electron chi connectivity index (χ1n) is 7.02. The summed E-state index contributed by atoms with van der Waals surface area (Å²) in [6.07, 6.45) is 0. The first-order valence-corrected chi connectivity index (χ1v) is 7.02. The molecule has 9 heteroatoms. The summed E-state index contributed by atoms with van der Waals surface area (Å²) in [5, 5.41) is 4.39. The highest BCUT2D eigenvalue weighted by atomic mass is 16.5. The van der Waals surface area contributed by atoms with Gasteiger partial charge < -0.3 is 24.3 Å². The maximum atomic E-state index is 12.1. The number of benzene rings is 1. The summed E-state index contributed by atoms with van der Waals surface area (Å²) >= 11 is 0. The lowest BCUT2D eigenvalue weighted by Crippen LogP contribution is -2.41. The van der Waals surface area contributed by atoms with Crippen LogP contribution in [0.4, 0.5) is 4.79 Å². The second-order valence-electron chi connectivity index (χ2n) is 4.37. The molecule has 1 aromatic carbocycles. The SMILES string of the molecule is CCNC(=O)NC(=O)COC(=O)c1ccc(OC)c(OC)c1OC. The summed E-state index contributed by atoms with van der Waals surface area (Å²) < 4.78 is 20.3. The third-order valence-corrected chi connectivity index (χ3v) is 2.85. The highest BCUT2D eigenvalue weighted by molar-refractivity contribution is 5.98. The van der Waals surface area contributed by atoms with E-state index in [0.717, 1.165) is 0 Å². The van der Waals surface area contributed by atoms with Crippen molar-refractivity contribution in [2.75, 3.05) is 34.5 Å². The lowest BCUT2D eigenvalue weighted by Gasteiger charge is -2.15. The van der Waals surface area contributed by atoms with Crippen molar-refractivity contribution in [1.82, 2.24) is 10.6 Å². The maximum absolute atomic E-state index is 12.1. The molecule has 1 rings (SSSR count). The summed E-state index contributed by atoms with van der Waals surface area (Å²) in [5.41, 5.74) is 0.0564. The monoisotopic (exact) mass is 340 g/mol. The fourth-order valence-corrected chi connectivity index (χ4v) is 1.84. The molecule has 132 valence electrons. The number of rotatable bonds is 7. The van der Waals surface area contributed by atoms with Crippen LogP contribution in [-0.2, 0) is 9.53 Å². The molecular weight excluding hydrogens is 320 g/mol. The number of nitrogens with one attached hydrogen (secondary N) is 2. The summed E-state index contributed by atoms with van der Waals surface area (Å²) in [5.74, 6) is -0.848. The van der Waals surface area contributed by atoms with Crippen molar-refractivity contribution < 1.29 is 33.3 Å². The number of amides is 3. The van der Waals surface area contributed by atoms with E-state index >= 15 is 0 Å². The molecular formula is C15H20N2O7. The van der Waals surface area contributed by atoms with Crippen LogP contribution in [-0.4, -0.2) is 52.4 Å². The molecule has 0 aromatic heterocycles. The number of methoxy groups -OCH3 is 3. The minimum atomic E-state index is -0.807. The minimum absolute atomic E-state index is 0.0564. The molecule has 0 unspecified atom stereocenters. The molecule has 9 nitrogen and oxygen atoms in total. The largest absolute Gasteiger partial charge is 0.493 e. The molecule has 0 aliphatic heterocycles. The quantitative estimate of drug-likeness (QED) is 0.703. The van der Waals surface area contributed by atoms with Gasteiger partial charge in [0.25, 0.3) is 5.91 Å². The third kappa shape index (κ3) is 4.77. The Balaban J connectivity index is 2.81. The number of urea groups is 1. The van der Waals surface area contributed by atoms with E-state index in [1.54, 1.807) is 6.92 Å². The normalized spacial score (nSPS) is 9.67. The van der Waals surface area contributed by atoms with Crippen molar-refractivity contribution in [3.05, 3.63) is 17.7 Å². The Kier molecular flexibility index (Phi) is 7.34. The van der Waals surface area contributed by atoms with Crippen molar-refractivity contribution >= 4 is 17.9 Å². The van der Waals surface area contributed by atoms with E-state index < -0.39 is 24.5 Å². The zero-order valence-electron chi connectivity index (χ0n) is 13.9. The molecule has 0 aliphatic rings. The van der Waals surface area contributed by atoms with E-state index in [4.69, 9.17) is 18.9 Å². The van der Waals surface area contributed by atoms with Gasteiger partial charge in [0, 0.05) is 6.54 Å². The van der Waals surface area contributed by atoms with Gasteiger partial charge in [-0.2, -0.15) is 0 Å². The Hall–Kier alpha value is -2.97. The van der Waals surface area contributed by atoms with Gasteiger partial charge in [-0.1, -0.05) is 0 Å². The fraction of sp³-hybridized carbons (Fsp3) is 0.400. The Morgan fingerprint density at radius 3 is 2.21 bits per heavy atom. The zero-order chi connectivity index (χ0) is 18.1. The van der Waals surface area contributed by atoms with E-state index in [1.165, 1.54) is 33.5 Å². The zero-order valence-corrected chi connectivity index (χ0v) is 13.9. The average molecular weight is 340 g/mol. The molecule has 3 amide bonds. The van der Waals surface area contributed by atoms with Crippen molar-refractivity contribution in [1.29, 1.82) is 0 Å². The lowest BCUT2D eigenvalue weighted by molar-refractivity contribution is -0.123. The van der Waals surface area contributed by atoms with Gasteiger partial charge in [-0.05, 0) is 19.1 Å². The molecule has 24 heavy (non-hydrogen) atoms. The predicted molar refractivity (Wildman–Crippen MR) is 83.6 cm³/mol. The van der Waals surface area contributed by atoms with Crippen molar-refractivity contribution in [2.45, 2.75) is 6.92 Å². The first-order chi connectivity index (χ1) is 11.5. The first kappa shape index (κ1) is 19.1. The van der Waals surface area contributed by atoms with E-state index in [1.807, 2.05) is 5.32 Å². The highest BCUT2D eigenvalue weighted by Gasteiger charge is 2.22. The molecule has 0 heterocycles. The Bertz CT molecular complexity index is 616. The molecule has 0 radical (unpaired) electrons. The summed E-state index contributed by atoms with van der Waals surface area (Å²) in [6.45, 7) is 1.45. The van der Waals surface area contributed by atoms with Gasteiger partial charge >= 0.3 is 12.0 Å². The molecule has 0 aliphatic carbocycles. The highest BCUT2D eigenvalue weighted by Crippen LogP contribution is 2.39. The molecule has 2 N–H and O–H groups in total. The number of hydrogen-bond donors (Lipinski definition) is 2. The summed E-state index contributed by atoms with van der Waals surface area (Å²) in [4.78, 5) is 34.8. The van der Waals surface area contributed by atoms with E-state index in [0.29, 0.717) is 12.3 Å².